The maximum absolute atomic E-state index is 10.5. The lowest BCUT2D eigenvalue weighted by Crippen LogP contribution is -2.33. The Balaban J connectivity index is 1.95. The predicted octanol–water partition coefficient (Wildman–Crippen LogP) is 2.78. The molecule has 1 fully saturated rings. The van der Waals surface area contributed by atoms with Gasteiger partial charge in [0.2, 0.25) is 0 Å². The second kappa shape index (κ2) is 5.21. The van der Waals surface area contributed by atoms with Crippen LogP contribution in [0.5, 0.6) is 0 Å². The van der Waals surface area contributed by atoms with Gasteiger partial charge in [0.05, 0.1) is 5.60 Å². The summed E-state index contributed by atoms with van der Waals surface area (Å²) in [6, 6.07) is 0. The molecule has 17 heavy (non-hydrogen) atoms. The molecule has 0 aromatic carbocycles. The molecular formula is C14H24N2O. The van der Waals surface area contributed by atoms with Crippen LogP contribution in [0.4, 0.5) is 0 Å². The molecule has 1 heterocycles. The molecule has 1 saturated carbocycles. The van der Waals surface area contributed by atoms with E-state index in [1.807, 2.05) is 19.3 Å². The molecule has 0 saturated heterocycles. The van der Waals surface area contributed by atoms with E-state index in [4.69, 9.17) is 0 Å². The van der Waals surface area contributed by atoms with Gasteiger partial charge in [0, 0.05) is 25.4 Å². The normalized spacial score (nSPS) is 19.9. The molecule has 96 valence electrons. The third kappa shape index (κ3) is 3.32. The standard InChI is InChI=1S/C14H24N2O/c1-3-8-16-9-7-15-13(16)11-14(2,17)10-12-5-4-6-12/h7,9,12,17H,3-6,8,10-11H2,1-2H3. The van der Waals surface area contributed by atoms with E-state index in [-0.39, 0.29) is 0 Å². The smallest absolute Gasteiger partial charge is 0.111 e. The first-order valence-electron chi connectivity index (χ1n) is 6.83. The van der Waals surface area contributed by atoms with Crippen molar-refractivity contribution in [1.29, 1.82) is 0 Å². The summed E-state index contributed by atoms with van der Waals surface area (Å²) in [6.07, 6.45) is 10.5. The van der Waals surface area contributed by atoms with Crippen molar-refractivity contribution in [3.05, 3.63) is 18.2 Å². The molecule has 2 rings (SSSR count). The van der Waals surface area contributed by atoms with Crippen LogP contribution in [0.1, 0.15) is 51.8 Å². The SMILES string of the molecule is CCCn1ccnc1CC(C)(O)CC1CCC1. The van der Waals surface area contributed by atoms with Crippen LogP contribution in [0.3, 0.4) is 0 Å². The average Bonchev–Trinajstić information content (AvgIpc) is 2.60. The molecule has 1 atom stereocenters. The Morgan fingerprint density at radius 3 is 2.88 bits per heavy atom. The summed E-state index contributed by atoms with van der Waals surface area (Å²) in [5.41, 5.74) is -0.595. The van der Waals surface area contributed by atoms with E-state index in [9.17, 15) is 5.11 Å². The Kier molecular flexibility index (Phi) is 3.87. The fourth-order valence-corrected chi connectivity index (χ4v) is 2.68. The van der Waals surface area contributed by atoms with Crippen molar-refractivity contribution in [2.75, 3.05) is 0 Å². The zero-order valence-corrected chi connectivity index (χ0v) is 11.0. The third-order valence-electron chi connectivity index (χ3n) is 3.76. The van der Waals surface area contributed by atoms with Gasteiger partial charge in [-0.3, -0.25) is 0 Å². The minimum atomic E-state index is -0.595. The van der Waals surface area contributed by atoms with E-state index in [0.29, 0.717) is 6.42 Å². The van der Waals surface area contributed by atoms with Crippen LogP contribution in [-0.4, -0.2) is 20.3 Å². The molecule has 0 radical (unpaired) electrons. The van der Waals surface area contributed by atoms with Gasteiger partial charge in [-0.25, -0.2) is 4.98 Å². The van der Waals surface area contributed by atoms with E-state index in [1.54, 1.807) is 0 Å². The lowest BCUT2D eigenvalue weighted by atomic mass is 9.77. The second-order valence-electron chi connectivity index (χ2n) is 5.71. The monoisotopic (exact) mass is 236 g/mol. The Morgan fingerprint density at radius 1 is 1.53 bits per heavy atom. The van der Waals surface area contributed by atoms with Gasteiger partial charge in [0.1, 0.15) is 5.82 Å². The number of rotatable bonds is 6. The van der Waals surface area contributed by atoms with Crippen LogP contribution >= 0.6 is 0 Å². The maximum Gasteiger partial charge on any atom is 0.111 e. The van der Waals surface area contributed by atoms with Crippen molar-refractivity contribution in [3.63, 3.8) is 0 Å². The van der Waals surface area contributed by atoms with Gasteiger partial charge in [-0.05, 0) is 25.7 Å². The molecule has 1 aliphatic rings. The van der Waals surface area contributed by atoms with Gasteiger partial charge >= 0.3 is 0 Å². The Labute approximate surface area is 104 Å². The lowest BCUT2D eigenvalue weighted by molar-refractivity contribution is 0.0180. The van der Waals surface area contributed by atoms with E-state index in [1.165, 1.54) is 19.3 Å². The van der Waals surface area contributed by atoms with Crippen LogP contribution in [0.2, 0.25) is 0 Å². The van der Waals surface area contributed by atoms with Crippen LogP contribution in [0, 0.1) is 5.92 Å². The Hall–Kier alpha value is -0.830. The van der Waals surface area contributed by atoms with Crippen LogP contribution < -0.4 is 0 Å². The Morgan fingerprint density at radius 2 is 2.29 bits per heavy atom. The lowest BCUT2D eigenvalue weighted by Gasteiger charge is -2.33. The van der Waals surface area contributed by atoms with Crippen molar-refractivity contribution in [2.45, 2.75) is 64.5 Å². The van der Waals surface area contributed by atoms with Crippen LogP contribution in [0.25, 0.3) is 0 Å². The van der Waals surface area contributed by atoms with Crippen molar-refractivity contribution < 1.29 is 5.11 Å². The summed E-state index contributed by atoms with van der Waals surface area (Å²) >= 11 is 0. The number of imidazole rings is 1. The fourth-order valence-electron chi connectivity index (χ4n) is 2.68. The van der Waals surface area contributed by atoms with Gasteiger partial charge in [0.15, 0.2) is 0 Å². The minimum Gasteiger partial charge on any atom is -0.390 e. The van der Waals surface area contributed by atoms with Gasteiger partial charge in [0.25, 0.3) is 0 Å². The van der Waals surface area contributed by atoms with Gasteiger partial charge in [-0.2, -0.15) is 0 Å². The number of aliphatic hydroxyl groups is 1. The largest absolute Gasteiger partial charge is 0.390 e. The quantitative estimate of drug-likeness (QED) is 0.824. The zero-order valence-electron chi connectivity index (χ0n) is 11.0. The summed E-state index contributed by atoms with van der Waals surface area (Å²) in [5.74, 6) is 1.76. The average molecular weight is 236 g/mol. The third-order valence-corrected chi connectivity index (χ3v) is 3.76. The highest BCUT2D eigenvalue weighted by Crippen LogP contribution is 2.34. The molecule has 0 amide bonds. The van der Waals surface area contributed by atoms with Gasteiger partial charge in [-0.15, -0.1) is 0 Å². The van der Waals surface area contributed by atoms with E-state index >= 15 is 0 Å². The topological polar surface area (TPSA) is 38.0 Å². The summed E-state index contributed by atoms with van der Waals surface area (Å²) in [4.78, 5) is 4.37. The van der Waals surface area contributed by atoms with Crippen LogP contribution in [-0.2, 0) is 13.0 Å². The number of hydrogen-bond donors (Lipinski definition) is 1. The van der Waals surface area contributed by atoms with Crippen molar-refractivity contribution in [2.24, 2.45) is 5.92 Å². The van der Waals surface area contributed by atoms with Gasteiger partial charge in [-0.1, -0.05) is 26.2 Å². The molecule has 0 aliphatic heterocycles. The first kappa shape index (κ1) is 12.6. The molecule has 3 nitrogen and oxygen atoms in total. The summed E-state index contributed by atoms with van der Waals surface area (Å²) in [7, 11) is 0. The molecule has 3 heteroatoms. The van der Waals surface area contributed by atoms with Gasteiger partial charge < -0.3 is 9.67 Å². The molecule has 1 aromatic heterocycles. The number of aryl methyl sites for hydroxylation is 1. The maximum atomic E-state index is 10.5. The molecule has 1 unspecified atom stereocenters. The minimum absolute atomic E-state index is 0.595. The summed E-state index contributed by atoms with van der Waals surface area (Å²) in [5, 5.41) is 10.5. The number of nitrogens with zero attached hydrogens (tertiary/aromatic N) is 2. The van der Waals surface area contributed by atoms with Crippen molar-refractivity contribution >= 4 is 0 Å². The van der Waals surface area contributed by atoms with E-state index < -0.39 is 5.60 Å². The van der Waals surface area contributed by atoms with E-state index in [0.717, 1.165) is 31.1 Å². The molecular weight excluding hydrogens is 212 g/mol. The fraction of sp³-hybridized carbons (Fsp3) is 0.786. The highest BCUT2D eigenvalue weighted by atomic mass is 16.3. The highest BCUT2D eigenvalue weighted by Gasteiger charge is 2.30. The molecule has 0 spiro atoms. The summed E-state index contributed by atoms with van der Waals surface area (Å²) < 4.78 is 2.16. The predicted molar refractivity (Wildman–Crippen MR) is 68.8 cm³/mol. The molecule has 1 aromatic rings. The molecule has 1 N–H and O–H groups in total. The van der Waals surface area contributed by atoms with E-state index in [2.05, 4.69) is 16.5 Å². The first-order chi connectivity index (χ1) is 8.11. The highest BCUT2D eigenvalue weighted by molar-refractivity contribution is 4.98. The summed E-state index contributed by atoms with van der Waals surface area (Å²) in [6.45, 7) is 5.11. The van der Waals surface area contributed by atoms with Crippen molar-refractivity contribution in [3.8, 4) is 0 Å². The molecule has 0 bridgehead atoms. The number of aromatic nitrogens is 2. The second-order valence-corrected chi connectivity index (χ2v) is 5.71. The number of hydrogen-bond acceptors (Lipinski definition) is 2. The molecule has 1 aliphatic carbocycles. The Bertz CT molecular complexity index is 353. The zero-order chi connectivity index (χ0) is 12.3. The first-order valence-corrected chi connectivity index (χ1v) is 6.83. The van der Waals surface area contributed by atoms with Crippen LogP contribution in [0.15, 0.2) is 12.4 Å². The van der Waals surface area contributed by atoms with Crippen molar-refractivity contribution in [1.82, 2.24) is 9.55 Å².